The number of hydrogen-bond donors (Lipinski definition) is 1. The molecular formula is C18H22N4O2S2. The first kappa shape index (κ1) is 18.6. The molecule has 1 fully saturated rings. The molecule has 6 nitrogen and oxygen atoms in total. The van der Waals surface area contributed by atoms with E-state index in [1.807, 2.05) is 38.2 Å². The highest BCUT2D eigenvalue weighted by Crippen LogP contribution is 2.33. The Morgan fingerprint density at radius 2 is 2.00 bits per heavy atom. The smallest absolute Gasteiger partial charge is 0.341 e. The van der Waals surface area contributed by atoms with Crippen molar-refractivity contribution in [3.05, 3.63) is 40.4 Å². The highest BCUT2D eigenvalue weighted by molar-refractivity contribution is 7.80. The number of nitrogens with zero attached hydrogens (tertiary/aromatic N) is 3. The molecule has 3 rings (SSSR count). The van der Waals surface area contributed by atoms with Crippen LogP contribution in [0.25, 0.3) is 0 Å². The Hall–Kier alpha value is -2.19. The zero-order valence-electron chi connectivity index (χ0n) is 15.1. The summed E-state index contributed by atoms with van der Waals surface area (Å²) in [6.07, 6.45) is 1.81. The first-order chi connectivity index (χ1) is 12.5. The zero-order valence-corrected chi connectivity index (χ0v) is 16.7. The summed E-state index contributed by atoms with van der Waals surface area (Å²) in [5, 5.41) is 4.64. The molecule has 3 heterocycles. The van der Waals surface area contributed by atoms with Crippen LogP contribution in [0, 0.1) is 13.8 Å². The van der Waals surface area contributed by atoms with Gasteiger partial charge < -0.3 is 19.9 Å². The van der Waals surface area contributed by atoms with Crippen LogP contribution in [0.2, 0.25) is 0 Å². The third-order valence-electron chi connectivity index (χ3n) is 4.54. The molecule has 8 heteroatoms. The van der Waals surface area contributed by atoms with Crippen LogP contribution in [0.15, 0.2) is 24.4 Å². The van der Waals surface area contributed by atoms with Gasteiger partial charge in [-0.2, -0.15) is 0 Å². The quantitative estimate of drug-likeness (QED) is 0.638. The Morgan fingerprint density at radius 1 is 1.27 bits per heavy atom. The number of thiophene rings is 1. The number of thiocarbonyl (C=S) groups is 1. The van der Waals surface area contributed by atoms with Crippen molar-refractivity contribution in [1.29, 1.82) is 0 Å². The maximum absolute atomic E-state index is 12.1. The summed E-state index contributed by atoms with van der Waals surface area (Å²) >= 11 is 7.11. The highest BCUT2D eigenvalue weighted by atomic mass is 32.1. The lowest BCUT2D eigenvalue weighted by Crippen LogP contribution is -2.50. The molecule has 0 spiro atoms. The van der Waals surface area contributed by atoms with Gasteiger partial charge in [0, 0.05) is 37.3 Å². The van der Waals surface area contributed by atoms with Gasteiger partial charge in [0.05, 0.1) is 12.7 Å². The number of methoxy groups -OCH3 is 1. The number of pyridine rings is 1. The van der Waals surface area contributed by atoms with Crippen LogP contribution in [0.3, 0.4) is 0 Å². The summed E-state index contributed by atoms with van der Waals surface area (Å²) in [5.74, 6) is 0.653. The van der Waals surface area contributed by atoms with Gasteiger partial charge >= 0.3 is 5.97 Å². The molecule has 0 aromatic carbocycles. The molecule has 2 aromatic heterocycles. The monoisotopic (exact) mass is 390 g/mol. The van der Waals surface area contributed by atoms with Crippen molar-refractivity contribution < 1.29 is 9.53 Å². The first-order valence-corrected chi connectivity index (χ1v) is 9.64. The van der Waals surface area contributed by atoms with Crippen LogP contribution in [-0.4, -0.2) is 54.3 Å². The van der Waals surface area contributed by atoms with Crippen LogP contribution in [0.4, 0.5) is 10.8 Å². The zero-order chi connectivity index (χ0) is 18.7. The average molecular weight is 391 g/mol. The fourth-order valence-electron chi connectivity index (χ4n) is 2.92. The summed E-state index contributed by atoms with van der Waals surface area (Å²) in [5.41, 5.74) is 1.51. The van der Waals surface area contributed by atoms with Crippen LogP contribution in [0.1, 0.15) is 20.8 Å². The normalized spacial score (nSPS) is 14.3. The largest absolute Gasteiger partial charge is 0.465 e. The molecule has 1 N–H and O–H groups in total. The maximum atomic E-state index is 12.1. The van der Waals surface area contributed by atoms with Crippen LogP contribution in [-0.2, 0) is 4.74 Å². The van der Waals surface area contributed by atoms with Crippen molar-refractivity contribution in [2.24, 2.45) is 0 Å². The summed E-state index contributed by atoms with van der Waals surface area (Å²) in [6, 6.07) is 5.94. The topological polar surface area (TPSA) is 57.7 Å². The second-order valence-electron chi connectivity index (χ2n) is 6.07. The third-order valence-corrected chi connectivity index (χ3v) is 6.02. The Labute approximate surface area is 162 Å². The fourth-order valence-corrected chi connectivity index (χ4v) is 4.32. The van der Waals surface area contributed by atoms with Crippen molar-refractivity contribution >= 4 is 45.5 Å². The standard InChI is InChI=1S/C18H22N4O2S2/c1-12-13(2)26-16(15(12)17(23)24-3)20-18(25)22-10-8-21(9-11-22)14-6-4-5-7-19-14/h4-7H,8-11H2,1-3H3,(H,20,25). The van der Waals surface area contributed by atoms with Gasteiger partial charge in [-0.3, -0.25) is 0 Å². The van der Waals surface area contributed by atoms with Crippen molar-refractivity contribution in [3.63, 3.8) is 0 Å². The van der Waals surface area contributed by atoms with Crippen LogP contribution >= 0.6 is 23.6 Å². The van der Waals surface area contributed by atoms with Gasteiger partial charge in [0.15, 0.2) is 5.11 Å². The van der Waals surface area contributed by atoms with Crippen molar-refractivity contribution in [2.45, 2.75) is 13.8 Å². The molecule has 0 bridgehead atoms. The minimum Gasteiger partial charge on any atom is -0.465 e. The van der Waals surface area contributed by atoms with Gasteiger partial charge in [-0.25, -0.2) is 9.78 Å². The van der Waals surface area contributed by atoms with Crippen molar-refractivity contribution in [3.8, 4) is 0 Å². The lowest BCUT2D eigenvalue weighted by molar-refractivity contribution is 0.0601. The van der Waals surface area contributed by atoms with Crippen molar-refractivity contribution in [2.75, 3.05) is 43.5 Å². The van der Waals surface area contributed by atoms with Gasteiger partial charge in [0.25, 0.3) is 0 Å². The predicted octanol–water partition coefficient (Wildman–Crippen LogP) is 3.07. The molecule has 0 aliphatic carbocycles. The molecule has 0 saturated carbocycles. The maximum Gasteiger partial charge on any atom is 0.341 e. The lowest BCUT2D eigenvalue weighted by Gasteiger charge is -2.36. The molecule has 1 aliphatic rings. The number of hydrogen-bond acceptors (Lipinski definition) is 6. The number of carbonyl (C=O) groups is 1. The summed E-state index contributed by atoms with van der Waals surface area (Å²) < 4.78 is 4.92. The van der Waals surface area contributed by atoms with E-state index in [4.69, 9.17) is 17.0 Å². The molecule has 0 unspecified atom stereocenters. The number of esters is 1. The molecular weight excluding hydrogens is 368 g/mol. The summed E-state index contributed by atoms with van der Waals surface area (Å²) in [6.45, 7) is 7.24. The Morgan fingerprint density at radius 3 is 2.62 bits per heavy atom. The number of nitrogens with one attached hydrogen (secondary N) is 1. The number of ether oxygens (including phenoxy) is 1. The van der Waals surface area contributed by atoms with E-state index in [0.29, 0.717) is 10.7 Å². The van der Waals surface area contributed by atoms with Gasteiger partial charge in [-0.15, -0.1) is 11.3 Å². The van der Waals surface area contributed by atoms with E-state index in [1.165, 1.54) is 18.4 Å². The van der Waals surface area contributed by atoms with Gasteiger partial charge in [0.2, 0.25) is 0 Å². The second kappa shape index (κ2) is 8.01. The van der Waals surface area contributed by atoms with Crippen LogP contribution in [0.5, 0.6) is 0 Å². The predicted molar refractivity (Wildman–Crippen MR) is 109 cm³/mol. The van der Waals surface area contributed by atoms with Gasteiger partial charge in [-0.1, -0.05) is 6.07 Å². The third kappa shape index (κ3) is 3.81. The highest BCUT2D eigenvalue weighted by Gasteiger charge is 2.24. The number of aromatic nitrogens is 1. The Kier molecular flexibility index (Phi) is 5.73. The van der Waals surface area contributed by atoms with E-state index in [9.17, 15) is 4.79 Å². The lowest BCUT2D eigenvalue weighted by atomic mass is 10.1. The van der Waals surface area contributed by atoms with E-state index >= 15 is 0 Å². The SMILES string of the molecule is COC(=O)c1c(NC(=S)N2CCN(c3ccccn3)CC2)sc(C)c1C. The van der Waals surface area contributed by atoms with E-state index in [0.717, 1.165) is 47.4 Å². The summed E-state index contributed by atoms with van der Waals surface area (Å²) in [4.78, 5) is 22.0. The minimum atomic E-state index is -0.336. The first-order valence-electron chi connectivity index (χ1n) is 8.41. The average Bonchev–Trinajstić information content (AvgIpc) is 2.95. The molecule has 0 atom stereocenters. The van der Waals surface area contributed by atoms with Gasteiger partial charge in [0.1, 0.15) is 10.8 Å². The van der Waals surface area contributed by atoms with E-state index in [-0.39, 0.29) is 5.97 Å². The molecule has 1 aliphatic heterocycles. The summed E-state index contributed by atoms with van der Waals surface area (Å²) in [7, 11) is 1.40. The van der Waals surface area contributed by atoms with E-state index < -0.39 is 0 Å². The molecule has 0 amide bonds. The number of carbonyl (C=O) groups excluding carboxylic acids is 1. The Bertz CT molecular complexity index is 799. The molecule has 138 valence electrons. The van der Waals surface area contributed by atoms with Crippen molar-refractivity contribution in [1.82, 2.24) is 9.88 Å². The number of piperazine rings is 1. The van der Waals surface area contributed by atoms with Crippen LogP contribution < -0.4 is 10.2 Å². The number of rotatable bonds is 3. The van der Waals surface area contributed by atoms with E-state index in [2.05, 4.69) is 20.1 Å². The second-order valence-corrected chi connectivity index (χ2v) is 7.68. The fraction of sp³-hybridized carbons (Fsp3) is 0.389. The minimum absolute atomic E-state index is 0.336. The van der Waals surface area contributed by atoms with Gasteiger partial charge in [-0.05, 0) is 43.8 Å². The number of anilines is 2. The molecule has 0 radical (unpaired) electrons. The molecule has 1 saturated heterocycles. The molecule has 2 aromatic rings. The number of aryl methyl sites for hydroxylation is 1. The Balaban J connectivity index is 1.65. The molecule has 26 heavy (non-hydrogen) atoms. The van der Waals surface area contributed by atoms with E-state index in [1.54, 1.807) is 0 Å².